The number of esters is 2. The first-order chi connectivity index (χ1) is 12.0. The van der Waals surface area contributed by atoms with Gasteiger partial charge in [-0.05, 0) is 12.8 Å². The first-order valence-electron chi connectivity index (χ1n) is 8.12. The number of fused-ring (bicyclic) bond motifs is 1. The molecule has 0 spiro atoms. The Bertz CT molecular complexity index is 760. The fourth-order valence-electron chi connectivity index (χ4n) is 4.72. The first-order valence-corrected chi connectivity index (χ1v) is 9.56. The lowest BCUT2D eigenvalue weighted by atomic mass is 9.69. The highest BCUT2D eigenvalue weighted by molar-refractivity contribution is 7.87. The Balaban J connectivity index is 1.63. The van der Waals surface area contributed by atoms with Crippen LogP contribution in [0.4, 0.5) is 8.78 Å². The SMILES string of the molecule is O=C1OC2C(OC(=O)C(F)(F)S(=O)(=O)O)C3OC2C1C3C1(O)CCCC1. The molecule has 3 saturated heterocycles. The van der Waals surface area contributed by atoms with Crippen molar-refractivity contribution in [2.75, 3.05) is 0 Å². The number of ether oxygens (including phenoxy) is 3. The number of hydrogen-bond donors (Lipinski definition) is 2. The second-order valence-electron chi connectivity index (χ2n) is 7.19. The zero-order chi connectivity index (χ0) is 19.1. The maximum absolute atomic E-state index is 13.5. The molecule has 9 nitrogen and oxygen atoms in total. The van der Waals surface area contributed by atoms with E-state index >= 15 is 0 Å². The molecule has 3 aliphatic heterocycles. The molecule has 12 heteroatoms. The molecule has 0 aromatic carbocycles. The number of hydrogen-bond acceptors (Lipinski definition) is 8. The van der Waals surface area contributed by atoms with E-state index in [1.807, 2.05) is 0 Å². The van der Waals surface area contributed by atoms with Gasteiger partial charge in [0.25, 0.3) is 0 Å². The summed E-state index contributed by atoms with van der Waals surface area (Å²) in [6.07, 6.45) is -2.41. The van der Waals surface area contributed by atoms with Crippen LogP contribution in [0.1, 0.15) is 25.7 Å². The predicted octanol–water partition coefficient (Wildman–Crippen LogP) is -0.377. The molecule has 2 N–H and O–H groups in total. The van der Waals surface area contributed by atoms with E-state index in [9.17, 15) is 31.9 Å². The van der Waals surface area contributed by atoms with Crippen molar-refractivity contribution < 1.29 is 50.7 Å². The molecule has 6 atom stereocenters. The summed E-state index contributed by atoms with van der Waals surface area (Å²) >= 11 is 0. The minimum atomic E-state index is -6.03. The lowest BCUT2D eigenvalue weighted by Crippen LogP contribution is -2.54. The van der Waals surface area contributed by atoms with Gasteiger partial charge >= 0.3 is 27.3 Å². The third kappa shape index (κ3) is 2.25. The quantitative estimate of drug-likeness (QED) is 0.480. The van der Waals surface area contributed by atoms with Gasteiger partial charge in [-0.2, -0.15) is 17.2 Å². The molecule has 6 unspecified atom stereocenters. The zero-order valence-corrected chi connectivity index (χ0v) is 14.0. The van der Waals surface area contributed by atoms with Gasteiger partial charge in [-0.1, -0.05) is 12.8 Å². The van der Waals surface area contributed by atoms with Crippen molar-refractivity contribution in [3.05, 3.63) is 0 Å². The Morgan fingerprint density at radius 3 is 2.42 bits per heavy atom. The molecule has 146 valence electrons. The highest BCUT2D eigenvalue weighted by Gasteiger charge is 2.74. The van der Waals surface area contributed by atoms with Crippen molar-refractivity contribution in [3.63, 3.8) is 0 Å². The van der Waals surface area contributed by atoms with E-state index in [0.717, 1.165) is 0 Å². The summed E-state index contributed by atoms with van der Waals surface area (Å²) in [4.78, 5) is 23.8. The Hall–Kier alpha value is -1.37. The third-order valence-corrected chi connectivity index (χ3v) is 6.61. The van der Waals surface area contributed by atoms with Crippen LogP contribution in [0.2, 0.25) is 0 Å². The molecule has 2 bridgehead atoms. The van der Waals surface area contributed by atoms with Crippen LogP contribution < -0.4 is 0 Å². The molecule has 3 heterocycles. The van der Waals surface area contributed by atoms with Gasteiger partial charge in [-0.3, -0.25) is 9.35 Å². The summed E-state index contributed by atoms with van der Waals surface area (Å²) in [5.74, 6) is -4.76. The predicted molar refractivity (Wildman–Crippen MR) is 75.3 cm³/mol. The third-order valence-electron chi connectivity index (χ3n) is 5.80. The summed E-state index contributed by atoms with van der Waals surface area (Å²) in [6.45, 7) is 0. The average molecular weight is 398 g/mol. The second-order valence-corrected chi connectivity index (χ2v) is 8.65. The first kappa shape index (κ1) is 18.0. The van der Waals surface area contributed by atoms with Gasteiger partial charge in [-0.15, -0.1) is 0 Å². The van der Waals surface area contributed by atoms with E-state index < -0.39 is 69.2 Å². The number of carbonyl (C=O) groups excluding carboxylic acids is 2. The molecule has 1 saturated carbocycles. The van der Waals surface area contributed by atoms with E-state index in [1.165, 1.54) is 0 Å². The number of alkyl halides is 2. The fraction of sp³-hybridized carbons (Fsp3) is 0.857. The van der Waals surface area contributed by atoms with Crippen molar-refractivity contribution in [2.45, 2.75) is 61.0 Å². The monoisotopic (exact) mass is 398 g/mol. The number of aliphatic hydroxyl groups is 1. The molecule has 4 fully saturated rings. The molecule has 0 aromatic rings. The van der Waals surface area contributed by atoms with Crippen LogP contribution in [0.3, 0.4) is 0 Å². The normalized spacial score (nSPS) is 40.7. The van der Waals surface area contributed by atoms with Crippen molar-refractivity contribution in [1.82, 2.24) is 0 Å². The molecule has 0 amide bonds. The number of carbonyl (C=O) groups is 2. The van der Waals surface area contributed by atoms with Gasteiger partial charge in [0, 0.05) is 5.92 Å². The number of halogens is 2. The van der Waals surface area contributed by atoms with Gasteiger partial charge in [-0.25, -0.2) is 4.79 Å². The molecular formula is C14H16F2O9S. The van der Waals surface area contributed by atoms with E-state index in [0.29, 0.717) is 25.7 Å². The van der Waals surface area contributed by atoms with Crippen LogP contribution in [0, 0.1) is 11.8 Å². The van der Waals surface area contributed by atoms with E-state index in [1.54, 1.807) is 0 Å². The van der Waals surface area contributed by atoms with Crippen LogP contribution in [-0.2, 0) is 33.9 Å². The minimum absolute atomic E-state index is 0.376. The van der Waals surface area contributed by atoms with E-state index in [4.69, 9.17) is 14.0 Å². The smallest absolute Gasteiger partial charge is 0.455 e. The van der Waals surface area contributed by atoms with Crippen LogP contribution in [0.15, 0.2) is 0 Å². The Labute approximate surface area is 146 Å². The Morgan fingerprint density at radius 1 is 1.23 bits per heavy atom. The van der Waals surface area contributed by atoms with Crippen molar-refractivity contribution in [1.29, 1.82) is 0 Å². The van der Waals surface area contributed by atoms with E-state index in [-0.39, 0.29) is 0 Å². The lowest BCUT2D eigenvalue weighted by molar-refractivity contribution is -0.178. The second kappa shape index (κ2) is 5.33. The van der Waals surface area contributed by atoms with Crippen molar-refractivity contribution in [2.24, 2.45) is 11.8 Å². The van der Waals surface area contributed by atoms with Gasteiger partial charge in [0.1, 0.15) is 12.2 Å². The van der Waals surface area contributed by atoms with Crippen LogP contribution >= 0.6 is 0 Å². The maximum atomic E-state index is 13.5. The minimum Gasteiger partial charge on any atom is -0.455 e. The molecule has 4 rings (SSSR count). The largest absolute Gasteiger partial charge is 0.465 e. The molecule has 1 aliphatic carbocycles. The van der Waals surface area contributed by atoms with E-state index in [2.05, 4.69) is 4.74 Å². The molecule has 0 radical (unpaired) electrons. The highest BCUT2D eigenvalue weighted by atomic mass is 32.2. The summed E-state index contributed by atoms with van der Waals surface area (Å²) in [5, 5.41) is 5.71. The fourth-order valence-corrected chi connectivity index (χ4v) is 4.98. The molecular weight excluding hydrogens is 382 g/mol. The van der Waals surface area contributed by atoms with Gasteiger partial charge < -0.3 is 19.3 Å². The molecule has 0 aromatic heterocycles. The summed E-state index contributed by atoms with van der Waals surface area (Å²) in [6, 6.07) is 0. The Kier molecular flexibility index (Phi) is 3.70. The maximum Gasteiger partial charge on any atom is 0.465 e. The summed E-state index contributed by atoms with van der Waals surface area (Å²) in [7, 11) is -6.03. The zero-order valence-electron chi connectivity index (χ0n) is 13.2. The van der Waals surface area contributed by atoms with Gasteiger partial charge in [0.15, 0.2) is 12.2 Å². The van der Waals surface area contributed by atoms with Gasteiger partial charge in [0.05, 0.1) is 11.5 Å². The topological polar surface area (TPSA) is 136 Å². The van der Waals surface area contributed by atoms with Crippen molar-refractivity contribution in [3.8, 4) is 0 Å². The summed E-state index contributed by atoms with van der Waals surface area (Å²) in [5.41, 5.74) is -1.28. The van der Waals surface area contributed by atoms with Crippen LogP contribution in [-0.4, -0.2) is 65.3 Å². The lowest BCUT2D eigenvalue weighted by Gasteiger charge is -2.37. The van der Waals surface area contributed by atoms with Gasteiger partial charge in [0.2, 0.25) is 0 Å². The van der Waals surface area contributed by atoms with Crippen LogP contribution in [0.25, 0.3) is 0 Å². The summed E-state index contributed by atoms with van der Waals surface area (Å²) < 4.78 is 72.2. The number of rotatable bonds is 4. The Morgan fingerprint density at radius 2 is 1.85 bits per heavy atom. The molecule has 4 aliphatic rings. The standard InChI is InChI=1S/C14H16F2O9S/c15-14(16,26(20,21)22)12(18)25-10-8-6(13(19)3-1-2-4-13)5-7(23-8)9(10)24-11(5)17/h5-10,19H,1-4H2,(H,20,21,22). The van der Waals surface area contributed by atoms with Crippen molar-refractivity contribution >= 4 is 22.1 Å². The van der Waals surface area contributed by atoms with Crippen LogP contribution in [0.5, 0.6) is 0 Å². The average Bonchev–Trinajstić information content (AvgIpc) is 3.23. The highest BCUT2D eigenvalue weighted by Crippen LogP contribution is 2.57. The molecule has 26 heavy (non-hydrogen) atoms.